The van der Waals surface area contributed by atoms with Crippen LogP contribution in [0.4, 0.5) is 4.39 Å². The number of ketones is 1. The van der Waals surface area contributed by atoms with Crippen molar-refractivity contribution in [2.45, 2.75) is 26.3 Å². The fraction of sp³-hybridized carbons (Fsp3) is 0.417. The quantitative estimate of drug-likeness (QED) is 0.774. The Kier molecular flexibility index (Phi) is 3.25. The number of carbonyl (C=O) groups is 1. The first-order valence-corrected chi connectivity index (χ1v) is 4.88. The maximum Gasteiger partial charge on any atom is 0.182 e. The van der Waals surface area contributed by atoms with Crippen molar-refractivity contribution in [3.63, 3.8) is 0 Å². The summed E-state index contributed by atoms with van der Waals surface area (Å²) in [5, 5.41) is 2.94. The summed E-state index contributed by atoms with van der Waals surface area (Å²) in [4.78, 5) is 12.0. The molecule has 82 valence electrons. The molecule has 0 aliphatic carbocycles. The van der Waals surface area contributed by atoms with Crippen LogP contribution in [-0.4, -0.2) is 18.4 Å². The molecule has 15 heavy (non-hydrogen) atoms. The highest BCUT2D eigenvalue weighted by molar-refractivity contribution is 6.03. The SMILES string of the molecule is CNC(C)(C)C(=O)c1ccc(F)cc1C. The minimum absolute atomic E-state index is 0.0255. The first kappa shape index (κ1) is 11.9. The van der Waals surface area contributed by atoms with Gasteiger partial charge in [0.1, 0.15) is 5.82 Å². The van der Waals surface area contributed by atoms with E-state index in [9.17, 15) is 9.18 Å². The smallest absolute Gasteiger partial charge is 0.182 e. The predicted octanol–water partition coefficient (Wildman–Crippen LogP) is 2.31. The molecular weight excluding hydrogens is 193 g/mol. The normalized spacial score (nSPS) is 11.5. The monoisotopic (exact) mass is 209 g/mol. The number of hydrogen-bond donors (Lipinski definition) is 1. The number of rotatable bonds is 3. The van der Waals surface area contributed by atoms with Gasteiger partial charge in [-0.15, -0.1) is 0 Å². The highest BCUT2D eigenvalue weighted by atomic mass is 19.1. The molecule has 0 unspecified atom stereocenters. The zero-order chi connectivity index (χ0) is 11.6. The second kappa shape index (κ2) is 4.11. The number of benzene rings is 1. The fourth-order valence-electron chi connectivity index (χ4n) is 1.33. The van der Waals surface area contributed by atoms with Crippen LogP contribution in [0, 0.1) is 12.7 Å². The van der Waals surface area contributed by atoms with Crippen LogP contribution in [0.3, 0.4) is 0 Å². The van der Waals surface area contributed by atoms with Gasteiger partial charge in [-0.25, -0.2) is 4.39 Å². The number of likely N-dealkylation sites (N-methyl/N-ethyl adjacent to an activating group) is 1. The summed E-state index contributed by atoms with van der Waals surface area (Å²) in [6.07, 6.45) is 0. The van der Waals surface area contributed by atoms with Crippen LogP contribution in [0.5, 0.6) is 0 Å². The summed E-state index contributed by atoms with van der Waals surface area (Å²) < 4.78 is 12.9. The lowest BCUT2D eigenvalue weighted by molar-refractivity contribution is 0.0889. The summed E-state index contributed by atoms with van der Waals surface area (Å²) in [6, 6.07) is 4.22. The van der Waals surface area contributed by atoms with Crippen molar-refractivity contribution in [1.29, 1.82) is 0 Å². The van der Waals surface area contributed by atoms with Gasteiger partial charge in [0.15, 0.2) is 5.78 Å². The Labute approximate surface area is 89.5 Å². The van der Waals surface area contributed by atoms with Crippen LogP contribution in [0.1, 0.15) is 29.8 Å². The summed E-state index contributed by atoms with van der Waals surface area (Å²) in [5.41, 5.74) is 0.613. The molecule has 2 nitrogen and oxygen atoms in total. The van der Waals surface area contributed by atoms with Gasteiger partial charge in [0.05, 0.1) is 5.54 Å². The fourth-order valence-corrected chi connectivity index (χ4v) is 1.33. The van der Waals surface area contributed by atoms with E-state index in [1.165, 1.54) is 18.2 Å². The first-order chi connectivity index (χ1) is 6.88. The van der Waals surface area contributed by atoms with Gasteiger partial charge in [-0.2, -0.15) is 0 Å². The van der Waals surface area contributed by atoms with Crippen molar-refractivity contribution in [2.24, 2.45) is 0 Å². The van der Waals surface area contributed by atoms with Crippen molar-refractivity contribution in [2.75, 3.05) is 7.05 Å². The lowest BCUT2D eigenvalue weighted by Gasteiger charge is -2.23. The maximum atomic E-state index is 12.9. The number of halogens is 1. The number of nitrogens with one attached hydrogen (secondary N) is 1. The van der Waals surface area contributed by atoms with Crippen molar-refractivity contribution >= 4 is 5.78 Å². The van der Waals surface area contributed by atoms with Crippen molar-refractivity contribution in [1.82, 2.24) is 5.32 Å². The molecule has 1 aromatic rings. The van der Waals surface area contributed by atoms with Crippen LogP contribution in [-0.2, 0) is 0 Å². The summed E-state index contributed by atoms with van der Waals surface area (Å²) >= 11 is 0. The van der Waals surface area contributed by atoms with Gasteiger partial charge in [0, 0.05) is 5.56 Å². The molecule has 0 aromatic heterocycles. The third-order valence-corrected chi connectivity index (χ3v) is 2.63. The van der Waals surface area contributed by atoms with E-state index in [1.54, 1.807) is 27.8 Å². The second-order valence-electron chi connectivity index (χ2n) is 4.16. The molecule has 0 aliphatic rings. The van der Waals surface area contributed by atoms with Crippen LogP contribution < -0.4 is 5.32 Å². The Balaban J connectivity index is 3.12. The van der Waals surface area contributed by atoms with E-state index in [0.717, 1.165) is 0 Å². The van der Waals surface area contributed by atoms with E-state index < -0.39 is 5.54 Å². The van der Waals surface area contributed by atoms with E-state index in [1.807, 2.05) is 0 Å². The number of carbonyl (C=O) groups excluding carboxylic acids is 1. The van der Waals surface area contributed by atoms with Gasteiger partial charge in [0.2, 0.25) is 0 Å². The van der Waals surface area contributed by atoms with Gasteiger partial charge < -0.3 is 5.32 Å². The molecule has 0 atom stereocenters. The van der Waals surface area contributed by atoms with Crippen LogP contribution in [0.15, 0.2) is 18.2 Å². The maximum absolute atomic E-state index is 12.9. The van der Waals surface area contributed by atoms with E-state index in [4.69, 9.17) is 0 Å². The summed E-state index contributed by atoms with van der Waals surface area (Å²) in [7, 11) is 1.73. The topological polar surface area (TPSA) is 29.1 Å². The zero-order valence-corrected chi connectivity index (χ0v) is 9.52. The molecule has 1 aromatic carbocycles. The Morgan fingerprint density at radius 1 is 1.40 bits per heavy atom. The van der Waals surface area contributed by atoms with Crippen molar-refractivity contribution < 1.29 is 9.18 Å². The Bertz CT molecular complexity index is 385. The molecule has 0 saturated carbocycles. The highest BCUT2D eigenvalue weighted by Gasteiger charge is 2.27. The molecular formula is C12H16FNO. The van der Waals surface area contributed by atoms with E-state index >= 15 is 0 Å². The lowest BCUT2D eigenvalue weighted by Crippen LogP contribution is -2.44. The average Bonchev–Trinajstić information content (AvgIpc) is 2.17. The van der Waals surface area contributed by atoms with Crippen LogP contribution in [0.25, 0.3) is 0 Å². The lowest BCUT2D eigenvalue weighted by atomic mass is 9.91. The van der Waals surface area contributed by atoms with Crippen molar-refractivity contribution in [3.05, 3.63) is 35.1 Å². The van der Waals surface area contributed by atoms with Crippen LogP contribution >= 0.6 is 0 Å². The van der Waals surface area contributed by atoms with Crippen LogP contribution in [0.2, 0.25) is 0 Å². The first-order valence-electron chi connectivity index (χ1n) is 4.88. The van der Waals surface area contributed by atoms with Gasteiger partial charge in [-0.1, -0.05) is 0 Å². The van der Waals surface area contributed by atoms with Gasteiger partial charge in [-0.05, 0) is 51.6 Å². The molecule has 0 fully saturated rings. The number of hydrogen-bond acceptors (Lipinski definition) is 2. The molecule has 0 saturated heterocycles. The van der Waals surface area contributed by atoms with Gasteiger partial charge in [0.25, 0.3) is 0 Å². The largest absolute Gasteiger partial charge is 0.308 e. The molecule has 0 aliphatic heterocycles. The van der Waals surface area contributed by atoms with E-state index in [0.29, 0.717) is 11.1 Å². The van der Waals surface area contributed by atoms with E-state index in [2.05, 4.69) is 5.32 Å². The van der Waals surface area contributed by atoms with Crippen molar-refractivity contribution in [3.8, 4) is 0 Å². The molecule has 3 heteroatoms. The molecule has 0 heterocycles. The molecule has 0 bridgehead atoms. The number of Topliss-reactive ketones (excluding diaryl/α,β-unsaturated/α-hetero) is 1. The Morgan fingerprint density at radius 3 is 2.47 bits per heavy atom. The third-order valence-electron chi connectivity index (χ3n) is 2.63. The average molecular weight is 209 g/mol. The Morgan fingerprint density at radius 2 is 2.00 bits per heavy atom. The molecule has 1 rings (SSSR count). The third kappa shape index (κ3) is 2.42. The predicted molar refractivity (Wildman–Crippen MR) is 58.6 cm³/mol. The second-order valence-corrected chi connectivity index (χ2v) is 4.16. The highest BCUT2D eigenvalue weighted by Crippen LogP contribution is 2.17. The molecule has 1 N–H and O–H groups in total. The molecule has 0 spiro atoms. The standard InChI is InChI=1S/C12H16FNO/c1-8-7-9(13)5-6-10(8)11(15)12(2,3)14-4/h5-7,14H,1-4H3. The van der Waals surface area contributed by atoms with Gasteiger partial charge in [-0.3, -0.25) is 4.79 Å². The van der Waals surface area contributed by atoms with Gasteiger partial charge >= 0.3 is 0 Å². The minimum atomic E-state index is -0.622. The molecule has 0 amide bonds. The summed E-state index contributed by atoms with van der Waals surface area (Å²) in [6.45, 7) is 5.35. The minimum Gasteiger partial charge on any atom is -0.308 e. The zero-order valence-electron chi connectivity index (χ0n) is 9.52. The number of aryl methyl sites for hydroxylation is 1. The summed E-state index contributed by atoms with van der Waals surface area (Å²) in [5.74, 6) is -0.339. The Hall–Kier alpha value is -1.22. The molecule has 0 radical (unpaired) electrons. The van der Waals surface area contributed by atoms with E-state index in [-0.39, 0.29) is 11.6 Å².